The molecule has 0 saturated carbocycles. The summed E-state index contributed by atoms with van der Waals surface area (Å²) in [5, 5.41) is 2.98. The molecule has 0 unspecified atom stereocenters. The second-order valence-electron chi connectivity index (χ2n) is 7.57. The molecule has 0 bridgehead atoms. The van der Waals surface area contributed by atoms with E-state index >= 15 is 0 Å². The smallest absolute Gasteiger partial charge is 0.258 e. The van der Waals surface area contributed by atoms with Crippen LogP contribution < -0.4 is 10.1 Å². The molecule has 0 aromatic heterocycles. The second kappa shape index (κ2) is 8.72. The van der Waals surface area contributed by atoms with E-state index in [1.54, 1.807) is 0 Å². The second-order valence-corrected chi connectivity index (χ2v) is 8.42. The summed E-state index contributed by atoms with van der Waals surface area (Å²) in [6.07, 6.45) is 1.01. The summed E-state index contributed by atoms with van der Waals surface area (Å²) in [6, 6.07) is 14.3. The van der Waals surface area contributed by atoms with Crippen LogP contribution in [0, 0.1) is 0 Å². The summed E-state index contributed by atoms with van der Waals surface area (Å²) in [6.45, 7) is 10.6. The van der Waals surface area contributed by atoms with Crippen molar-refractivity contribution in [1.29, 1.82) is 0 Å². The van der Waals surface area contributed by atoms with Crippen molar-refractivity contribution in [2.45, 2.75) is 52.5 Å². The van der Waals surface area contributed by atoms with E-state index in [1.807, 2.05) is 25.1 Å². The number of rotatable bonds is 6. The molecule has 2 aromatic carbocycles. The molecule has 1 N–H and O–H groups in total. The lowest BCUT2D eigenvalue weighted by Crippen LogP contribution is -2.31. The summed E-state index contributed by atoms with van der Waals surface area (Å²) >= 11 is 3.53. The molecule has 3 nitrogen and oxygen atoms in total. The molecular weight excluding hydrogens is 390 g/mol. The normalized spacial score (nSPS) is 12.5. The van der Waals surface area contributed by atoms with Gasteiger partial charge in [0, 0.05) is 0 Å². The van der Waals surface area contributed by atoms with Crippen LogP contribution in [-0.4, -0.2) is 12.5 Å². The highest BCUT2D eigenvalue weighted by atomic mass is 79.9. The molecule has 0 fully saturated rings. The number of ether oxygens (including phenoxy) is 1. The maximum absolute atomic E-state index is 12.2. The van der Waals surface area contributed by atoms with Gasteiger partial charge in [0.1, 0.15) is 5.75 Å². The Balaban J connectivity index is 1.91. The van der Waals surface area contributed by atoms with Crippen LogP contribution in [-0.2, 0) is 16.6 Å². The van der Waals surface area contributed by atoms with E-state index in [9.17, 15) is 4.79 Å². The lowest BCUT2D eigenvalue weighted by atomic mass is 9.87. The molecule has 0 aliphatic carbocycles. The third-order valence-electron chi connectivity index (χ3n) is 4.42. The van der Waals surface area contributed by atoms with Crippen LogP contribution in [0.15, 0.2) is 46.9 Å². The largest absolute Gasteiger partial charge is 0.483 e. The molecule has 2 aromatic rings. The van der Waals surface area contributed by atoms with Crippen molar-refractivity contribution in [3.05, 3.63) is 63.6 Å². The number of aryl methyl sites for hydroxylation is 1. The van der Waals surface area contributed by atoms with Crippen LogP contribution in [0.2, 0.25) is 0 Å². The number of amides is 1. The van der Waals surface area contributed by atoms with E-state index in [1.165, 1.54) is 11.1 Å². The number of nitrogens with one attached hydrogen (secondary N) is 1. The first-order chi connectivity index (χ1) is 12.2. The van der Waals surface area contributed by atoms with Crippen LogP contribution >= 0.6 is 15.9 Å². The highest BCUT2D eigenvalue weighted by Crippen LogP contribution is 2.31. The average Bonchev–Trinajstić information content (AvgIpc) is 2.59. The highest BCUT2D eigenvalue weighted by Gasteiger charge is 2.16. The Morgan fingerprint density at radius 2 is 1.81 bits per heavy atom. The number of carbonyl (C=O) groups is 1. The number of carbonyl (C=O) groups excluding carboxylic acids is 1. The molecule has 0 aliphatic heterocycles. The van der Waals surface area contributed by atoms with Gasteiger partial charge in [0.2, 0.25) is 0 Å². The van der Waals surface area contributed by atoms with Crippen LogP contribution in [0.4, 0.5) is 0 Å². The third-order valence-corrected chi connectivity index (χ3v) is 5.04. The topological polar surface area (TPSA) is 38.3 Å². The van der Waals surface area contributed by atoms with Gasteiger partial charge in [-0.1, -0.05) is 58.0 Å². The molecule has 0 radical (unpaired) electrons. The van der Waals surface area contributed by atoms with Crippen molar-refractivity contribution in [2.24, 2.45) is 0 Å². The first-order valence-corrected chi connectivity index (χ1v) is 9.81. The zero-order valence-electron chi connectivity index (χ0n) is 16.2. The van der Waals surface area contributed by atoms with Crippen molar-refractivity contribution in [2.75, 3.05) is 6.61 Å². The maximum Gasteiger partial charge on any atom is 0.258 e. The van der Waals surface area contributed by atoms with Crippen molar-refractivity contribution in [1.82, 2.24) is 5.32 Å². The molecule has 0 spiro atoms. The fraction of sp³-hybridized carbons (Fsp3) is 0.409. The Bertz CT molecular complexity index is 748. The Hall–Kier alpha value is -1.81. The van der Waals surface area contributed by atoms with Gasteiger partial charge in [-0.15, -0.1) is 0 Å². The molecule has 1 amide bonds. The summed E-state index contributed by atoms with van der Waals surface area (Å²) in [5.41, 5.74) is 3.66. The quantitative estimate of drug-likeness (QED) is 0.667. The van der Waals surface area contributed by atoms with Gasteiger partial charge in [0.05, 0.1) is 10.5 Å². The van der Waals surface area contributed by atoms with Crippen molar-refractivity contribution >= 4 is 21.8 Å². The van der Waals surface area contributed by atoms with Gasteiger partial charge < -0.3 is 10.1 Å². The predicted molar refractivity (Wildman–Crippen MR) is 111 cm³/mol. The minimum atomic E-state index is -0.135. The summed E-state index contributed by atoms with van der Waals surface area (Å²) in [5.74, 6) is 0.539. The van der Waals surface area contributed by atoms with Gasteiger partial charge in [-0.2, -0.15) is 0 Å². The molecule has 4 heteroatoms. The van der Waals surface area contributed by atoms with Crippen LogP contribution in [0.3, 0.4) is 0 Å². The lowest BCUT2D eigenvalue weighted by molar-refractivity contribution is -0.123. The zero-order chi connectivity index (χ0) is 19.3. The third kappa shape index (κ3) is 5.60. The standard InChI is InChI=1S/C22H28BrNO2/c1-6-16-7-9-17(10-8-16)15(2)24-21(25)14-26-20-12-11-18(13-19(20)23)22(3,4)5/h7-13,15H,6,14H2,1-5H3,(H,24,25)/t15-/m0/s1. The fourth-order valence-electron chi connectivity index (χ4n) is 2.64. The Kier molecular flexibility index (Phi) is 6.87. The molecular formula is C22H28BrNO2. The van der Waals surface area contributed by atoms with Crippen LogP contribution in [0.5, 0.6) is 5.75 Å². The van der Waals surface area contributed by atoms with Gasteiger partial charge in [0.25, 0.3) is 5.91 Å². The van der Waals surface area contributed by atoms with Gasteiger partial charge in [0.15, 0.2) is 6.61 Å². The van der Waals surface area contributed by atoms with E-state index in [4.69, 9.17) is 4.74 Å². The van der Waals surface area contributed by atoms with E-state index in [0.29, 0.717) is 5.75 Å². The minimum absolute atomic E-state index is 0.00908. The van der Waals surface area contributed by atoms with Gasteiger partial charge in [-0.05, 0) is 63.5 Å². The lowest BCUT2D eigenvalue weighted by Gasteiger charge is -2.20. The molecule has 2 rings (SSSR count). The van der Waals surface area contributed by atoms with Crippen molar-refractivity contribution in [3.8, 4) is 5.75 Å². The number of hydrogen-bond donors (Lipinski definition) is 1. The molecule has 140 valence electrons. The van der Waals surface area contributed by atoms with Crippen molar-refractivity contribution in [3.63, 3.8) is 0 Å². The van der Waals surface area contributed by atoms with Crippen LogP contribution in [0.25, 0.3) is 0 Å². The Labute approximate surface area is 165 Å². The monoisotopic (exact) mass is 417 g/mol. The Morgan fingerprint density at radius 1 is 1.15 bits per heavy atom. The zero-order valence-corrected chi connectivity index (χ0v) is 17.8. The van der Waals surface area contributed by atoms with E-state index in [2.05, 4.69) is 73.2 Å². The molecule has 1 atom stereocenters. The number of benzene rings is 2. The summed E-state index contributed by atoms with van der Waals surface area (Å²) in [4.78, 5) is 12.2. The summed E-state index contributed by atoms with van der Waals surface area (Å²) in [7, 11) is 0. The molecule has 26 heavy (non-hydrogen) atoms. The van der Waals surface area contributed by atoms with Gasteiger partial charge >= 0.3 is 0 Å². The Morgan fingerprint density at radius 3 is 2.35 bits per heavy atom. The highest BCUT2D eigenvalue weighted by molar-refractivity contribution is 9.10. The predicted octanol–water partition coefficient (Wildman–Crippen LogP) is 5.57. The molecule has 0 aliphatic rings. The van der Waals surface area contributed by atoms with E-state index in [-0.39, 0.29) is 24.0 Å². The first-order valence-electron chi connectivity index (χ1n) is 9.01. The maximum atomic E-state index is 12.2. The average molecular weight is 418 g/mol. The van der Waals surface area contributed by atoms with Gasteiger partial charge in [-0.3, -0.25) is 4.79 Å². The van der Waals surface area contributed by atoms with Gasteiger partial charge in [-0.25, -0.2) is 0 Å². The van der Waals surface area contributed by atoms with E-state index < -0.39 is 0 Å². The molecule has 0 saturated heterocycles. The summed E-state index contributed by atoms with van der Waals surface area (Å²) < 4.78 is 6.54. The first kappa shape index (κ1) is 20.5. The minimum Gasteiger partial charge on any atom is -0.483 e. The number of hydrogen-bond acceptors (Lipinski definition) is 2. The van der Waals surface area contributed by atoms with Crippen LogP contribution in [0.1, 0.15) is 57.4 Å². The number of halogens is 1. The van der Waals surface area contributed by atoms with E-state index in [0.717, 1.165) is 16.5 Å². The fourth-order valence-corrected chi connectivity index (χ4v) is 3.13. The van der Waals surface area contributed by atoms with Crippen molar-refractivity contribution < 1.29 is 9.53 Å². The SMILES string of the molecule is CCc1ccc([C@H](C)NC(=O)COc2ccc(C(C)(C)C)cc2Br)cc1. The molecule has 0 heterocycles.